The second-order valence-electron chi connectivity index (χ2n) is 6.55. The van der Waals surface area contributed by atoms with E-state index < -0.39 is 12.5 Å². The highest BCUT2D eigenvalue weighted by Gasteiger charge is 2.30. The van der Waals surface area contributed by atoms with Gasteiger partial charge >= 0.3 is 0 Å². The molecule has 2 heterocycles. The predicted molar refractivity (Wildman–Crippen MR) is 72.7 cm³/mol. The number of rotatable bonds is 3. The molecule has 1 N–H and O–H groups in total. The monoisotopic (exact) mass is 271 g/mol. The summed E-state index contributed by atoms with van der Waals surface area (Å²) >= 11 is 0. The molecule has 2 unspecified atom stereocenters. The van der Waals surface area contributed by atoms with Gasteiger partial charge in [0.15, 0.2) is 0 Å². The first kappa shape index (κ1) is 14.3. The first-order chi connectivity index (χ1) is 8.79. The van der Waals surface area contributed by atoms with Crippen molar-refractivity contribution in [3.05, 3.63) is 11.8 Å². The van der Waals surface area contributed by atoms with Crippen molar-refractivity contribution in [1.29, 1.82) is 0 Å². The Bertz CT molecular complexity index is 434. The molecule has 0 saturated carbocycles. The Balaban J connectivity index is 2.18. The van der Waals surface area contributed by atoms with Crippen LogP contribution in [0.3, 0.4) is 0 Å². The van der Waals surface area contributed by atoms with Crippen LogP contribution >= 0.6 is 0 Å². The third-order valence-corrected chi connectivity index (χ3v) is 4.13. The molecule has 1 aliphatic rings. The molecule has 3 nitrogen and oxygen atoms in total. The number of alkyl halides is 2. The summed E-state index contributed by atoms with van der Waals surface area (Å²) in [4.78, 5) is 0. The number of fused-ring (bicyclic) bond motifs is 1. The summed E-state index contributed by atoms with van der Waals surface area (Å²) in [7, 11) is 0. The van der Waals surface area contributed by atoms with Crippen molar-refractivity contribution >= 4 is 5.82 Å². The van der Waals surface area contributed by atoms with E-state index in [2.05, 4.69) is 38.1 Å². The molecule has 0 saturated heterocycles. The van der Waals surface area contributed by atoms with Crippen LogP contribution in [-0.2, 0) is 6.42 Å². The van der Waals surface area contributed by atoms with Gasteiger partial charge in [-0.15, -0.1) is 0 Å². The summed E-state index contributed by atoms with van der Waals surface area (Å²) < 4.78 is 27.4. The second kappa shape index (κ2) is 5.10. The summed E-state index contributed by atoms with van der Waals surface area (Å²) in [6.07, 6.45) is -1.10. The number of nitrogens with zero attached hydrogens (tertiary/aromatic N) is 2. The summed E-state index contributed by atoms with van der Waals surface area (Å²) in [6, 6.07) is 1.13. The van der Waals surface area contributed by atoms with Crippen LogP contribution in [0.4, 0.5) is 14.6 Å². The second-order valence-corrected chi connectivity index (χ2v) is 6.55. The average molecular weight is 271 g/mol. The van der Waals surface area contributed by atoms with E-state index in [0.29, 0.717) is 18.9 Å². The quantitative estimate of drug-likeness (QED) is 0.907. The van der Waals surface area contributed by atoms with Gasteiger partial charge in [-0.25, -0.2) is 13.5 Å². The van der Waals surface area contributed by atoms with Gasteiger partial charge in [-0.05, 0) is 24.2 Å². The van der Waals surface area contributed by atoms with E-state index in [4.69, 9.17) is 0 Å². The summed E-state index contributed by atoms with van der Waals surface area (Å²) in [5.41, 5.74) is 1.09. The molecule has 0 bridgehead atoms. The Morgan fingerprint density at radius 3 is 2.74 bits per heavy atom. The van der Waals surface area contributed by atoms with Crippen molar-refractivity contribution in [3.8, 4) is 0 Å². The molecule has 0 amide bonds. The van der Waals surface area contributed by atoms with Crippen LogP contribution in [0.15, 0.2) is 6.07 Å². The largest absolute Gasteiger partial charge is 0.370 e. The number of hydrogen-bond donors (Lipinski definition) is 1. The van der Waals surface area contributed by atoms with Crippen molar-refractivity contribution in [2.24, 2.45) is 11.3 Å². The van der Waals surface area contributed by atoms with Gasteiger partial charge in [0.1, 0.15) is 11.9 Å². The van der Waals surface area contributed by atoms with Gasteiger partial charge in [0.25, 0.3) is 6.43 Å². The van der Waals surface area contributed by atoms with E-state index in [9.17, 15) is 8.78 Å². The van der Waals surface area contributed by atoms with Crippen molar-refractivity contribution in [2.75, 3.05) is 11.9 Å². The fourth-order valence-electron chi connectivity index (χ4n) is 2.25. The van der Waals surface area contributed by atoms with Crippen molar-refractivity contribution in [1.82, 2.24) is 9.78 Å². The Hall–Kier alpha value is -1.13. The molecule has 19 heavy (non-hydrogen) atoms. The highest BCUT2D eigenvalue weighted by atomic mass is 19.3. The lowest BCUT2D eigenvalue weighted by Crippen LogP contribution is -2.28. The molecule has 0 aromatic carbocycles. The molecular weight excluding hydrogens is 248 g/mol. The van der Waals surface area contributed by atoms with Crippen molar-refractivity contribution in [2.45, 2.75) is 53.0 Å². The minimum absolute atomic E-state index is 0.194. The van der Waals surface area contributed by atoms with Crippen LogP contribution in [0.2, 0.25) is 0 Å². The molecule has 2 rings (SSSR count). The Morgan fingerprint density at radius 2 is 2.16 bits per heavy atom. The lowest BCUT2D eigenvalue weighted by molar-refractivity contribution is 0.0712. The molecule has 1 aliphatic heterocycles. The molecule has 5 heteroatoms. The molecule has 1 aromatic heterocycles. The van der Waals surface area contributed by atoms with Crippen molar-refractivity contribution in [3.63, 3.8) is 0 Å². The zero-order chi connectivity index (χ0) is 14.2. The maximum absolute atomic E-state index is 13.0. The fourth-order valence-corrected chi connectivity index (χ4v) is 2.25. The minimum atomic E-state index is -2.35. The normalized spacial score (nSPS) is 21.1. The van der Waals surface area contributed by atoms with E-state index in [0.717, 1.165) is 17.9 Å². The molecule has 2 atom stereocenters. The van der Waals surface area contributed by atoms with E-state index in [1.165, 1.54) is 4.68 Å². The van der Waals surface area contributed by atoms with E-state index >= 15 is 0 Å². The number of aromatic nitrogens is 2. The summed E-state index contributed by atoms with van der Waals surface area (Å²) in [6.45, 7) is 9.33. The third kappa shape index (κ3) is 3.07. The number of hydrogen-bond acceptors (Lipinski definition) is 2. The lowest BCUT2D eigenvalue weighted by Gasteiger charge is -2.26. The number of halogens is 2. The van der Waals surface area contributed by atoms with Gasteiger partial charge in [-0.3, -0.25) is 0 Å². The molecule has 108 valence electrons. The van der Waals surface area contributed by atoms with Gasteiger partial charge in [0.2, 0.25) is 0 Å². The lowest BCUT2D eigenvalue weighted by atomic mass is 9.79. The predicted octanol–water partition coefficient (Wildman–Crippen LogP) is 3.73. The van der Waals surface area contributed by atoms with Crippen molar-refractivity contribution < 1.29 is 8.78 Å². The zero-order valence-electron chi connectivity index (χ0n) is 12.1. The summed E-state index contributed by atoms with van der Waals surface area (Å²) in [5.74, 6) is 1.18. The first-order valence-electron chi connectivity index (χ1n) is 6.89. The van der Waals surface area contributed by atoms with Crippen LogP contribution in [0, 0.1) is 11.3 Å². The Kier molecular flexibility index (Phi) is 3.83. The van der Waals surface area contributed by atoms with E-state index in [-0.39, 0.29) is 5.41 Å². The molecule has 1 aromatic rings. The highest BCUT2D eigenvalue weighted by Crippen LogP contribution is 2.32. The minimum Gasteiger partial charge on any atom is -0.370 e. The van der Waals surface area contributed by atoms with Gasteiger partial charge in [-0.2, -0.15) is 5.10 Å². The van der Waals surface area contributed by atoms with Gasteiger partial charge < -0.3 is 5.32 Å². The molecule has 0 fully saturated rings. The SMILES string of the molecule is CC(Cc1cc2n(n1)C(C(F)F)CCN2)C(C)(C)C. The number of anilines is 1. The molecule has 0 radical (unpaired) electrons. The number of nitrogens with one attached hydrogen (secondary N) is 1. The molecule has 0 spiro atoms. The van der Waals surface area contributed by atoms with Crippen LogP contribution in [-0.4, -0.2) is 22.8 Å². The molecular formula is C14H23F2N3. The standard InChI is InChI=1S/C14H23F2N3/c1-9(14(2,3)4)7-10-8-12-17-6-5-11(13(15)16)19(12)18-10/h8-9,11,13,17H,5-7H2,1-4H3. The Morgan fingerprint density at radius 1 is 1.47 bits per heavy atom. The fraction of sp³-hybridized carbons (Fsp3) is 0.786. The molecule has 0 aliphatic carbocycles. The van der Waals surface area contributed by atoms with Gasteiger partial charge in [0, 0.05) is 12.6 Å². The topological polar surface area (TPSA) is 29.9 Å². The maximum Gasteiger partial charge on any atom is 0.260 e. The van der Waals surface area contributed by atoms with Gasteiger partial charge in [0.05, 0.1) is 5.69 Å². The van der Waals surface area contributed by atoms with Crippen LogP contribution in [0.1, 0.15) is 45.9 Å². The van der Waals surface area contributed by atoms with E-state index in [1.807, 2.05) is 6.07 Å². The first-order valence-corrected chi connectivity index (χ1v) is 6.89. The summed E-state index contributed by atoms with van der Waals surface area (Å²) in [5, 5.41) is 7.53. The van der Waals surface area contributed by atoms with Crippen LogP contribution in [0.5, 0.6) is 0 Å². The Labute approximate surface area is 113 Å². The maximum atomic E-state index is 13.0. The third-order valence-electron chi connectivity index (χ3n) is 4.13. The highest BCUT2D eigenvalue weighted by molar-refractivity contribution is 5.39. The van der Waals surface area contributed by atoms with Gasteiger partial charge in [-0.1, -0.05) is 27.7 Å². The van der Waals surface area contributed by atoms with Crippen LogP contribution in [0.25, 0.3) is 0 Å². The zero-order valence-corrected chi connectivity index (χ0v) is 12.1. The van der Waals surface area contributed by atoms with Crippen LogP contribution < -0.4 is 5.32 Å². The smallest absolute Gasteiger partial charge is 0.260 e. The average Bonchev–Trinajstić information content (AvgIpc) is 2.68. The van der Waals surface area contributed by atoms with E-state index in [1.54, 1.807) is 0 Å².